The Morgan fingerprint density at radius 2 is 2.17 bits per heavy atom. The van der Waals surface area contributed by atoms with Crippen molar-refractivity contribution < 1.29 is 0 Å². The van der Waals surface area contributed by atoms with E-state index in [2.05, 4.69) is 36.7 Å². The van der Waals surface area contributed by atoms with Gasteiger partial charge in [0.2, 0.25) is 0 Å². The molecule has 18 heavy (non-hydrogen) atoms. The van der Waals surface area contributed by atoms with Crippen LogP contribution in [-0.2, 0) is 0 Å². The van der Waals surface area contributed by atoms with E-state index in [1.807, 2.05) is 4.57 Å². The van der Waals surface area contributed by atoms with E-state index in [4.69, 9.17) is 0 Å². The third-order valence-corrected chi connectivity index (χ3v) is 5.90. The highest BCUT2D eigenvalue weighted by Gasteiger charge is 2.30. The molecule has 0 amide bonds. The van der Waals surface area contributed by atoms with Gasteiger partial charge >= 0.3 is 5.69 Å². The molecule has 1 saturated carbocycles. The van der Waals surface area contributed by atoms with Crippen LogP contribution < -0.4 is 5.69 Å². The van der Waals surface area contributed by atoms with E-state index >= 15 is 0 Å². The summed E-state index contributed by atoms with van der Waals surface area (Å²) in [6.07, 6.45) is 4.43. The van der Waals surface area contributed by atoms with Crippen LogP contribution in [0.2, 0.25) is 0 Å². The van der Waals surface area contributed by atoms with Crippen molar-refractivity contribution in [3.8, 4) is 0 Å². The number of H-pyrrole nitrogens is 1. The first kappa shape index (κ1) is 14.1. The molecule has 0 aromatic carbocycles. The molecular weight excluding hydrogens is 266 g/mol. The lowest BCUT2D eigenvalue weighted by molar-refractivity contribution is 0.357. The highest BCUT2D eigenvalue weighted by molar-refractivity contribution is 7.99. The fourth-order valence-electron chi connectivity index (χ4n) is 1.99. The Kier molecular flexibility index (Phi) is 4.48. The number of nitrogens with one attached hydrogen (secondary N) is 1. The molecule has 6 heteroatoms. The topological polar surface area (TPSA) is 50.7 Å². The van der Waals surface area contributed by atoms with Crippen LogP contribution in [0.5, 0.6) is 0 Å². The van der Waals surface area contributed by atoms with Crippen LogP contribution in [0.1, 0.15) is 45.6 Å². The Bertz CT molecular complexity index is 438. The van der Waals surface area contributed by atoms with Crippen LogP contribution in [0, 0.1) is 5.41 Å². The molecule has 0 atom stereocenters. The number of thioether (sulfide) groups is 1. The van der Waals surface area contributed by atoms with Crippen molar-refractivity contribution in [3.63, 3.8) is 0 Å². The first-order chi connectivity index (χ1) is 8.65. The average Bonchev–Trinajstić information content (AvgIpc) is 3.16. The summed E-state index contributed by atoms with van der Waals surface area (Å²) in [5, 5.41) is 7.56. The van der Waals surface area contributed by atoms with E-state index in [0.717, 1.165) is 42.3 Å². The van der Waals surface area contributed by atoms with Crippen molar-refractivity contribution in [2.24, 2.45) is 5.41 Å². The van der Waals surface area contributed by atoms with Gasteiger partial charge in [0.15, 0.2) is 5.16 Å². The van der Waals surface area contributed by atoms with E-state index in [9.17, 15) is 4.79 Å². The van der Waals surface area contributed by atoms with Gasteiger partial charge in [-0.05, 0) is 36.9 Å². The first-order valence-corrected chi connectivity index (χ1v) is 8.18. The van der Waals surface area contributed by atoms with Crippen LogP contribution in [0.25, 0.3) is 0 Å². The summed E-state index contributed by atoms with van der Waals surface area (Å²) in [6, 6.07) is 0.382. The van der Waals surface area contributed by atoms with Crippen molar-refractivity contribution in [2.45, 2.75) is 50.7 Å². The van der Waals surface area contributed by atoms with Crippen LogP contribution in [0.4, 0.5) is 0 Å². The van der Waals surface area contributed by atoms with Crippen LogP contribution in [0.15, 0.2) is 9.95 Å². The molecule has 2 rings (SSSR count). The van der Waals surface area contributed by atoms with Crippen LogP contribution >= 0.6 is 24.4 Å². The quantitative estimate of drug-likeness (QED) is 0.599. The Balaban J connectivity index is 2.08. The Hall–Kier alpha value is -0.360. The van der Waals surface area contributed by atoms with E-state index < -0.39 is 0 Å². The molecule has 1 fully saturated rings. The van der Waals surface area contributed by atoms with Crippen LogP contribution in [-0.4, -0.2) is 26.3 Å². The molecule has 0 unspecified atom stereocenters. The molecule has 1 aromatic heterocycles. The number of rotatable bonds is 7. The van der Waals surface area contributed by atoms with Gasteiger partial charge in [-0.3, -0.25) is 4.57 Å². The van der Waals surface area contributed by atoms with Crippen molar-refractivity contribution in [2.75, 3.05) is 11.5 Å². The van der Waals surface area contributed by atoms with Gasteiger partial charge < -0.3 is 0 Å². The van der Waals surface area contributed by atoms with Crippen molar-refractivity contribution >= 4 is 24.4 Å². The maximum absolute atomic E-state index is 11.7. The fourth-order valence-corrected chi connectivity index (χ4v) is 4.12. The maximum Gasteiger partial charge on any atom is 0.344 e. The molecule has 0 aliphatic heterocycles. The molecule has 1 N–H and O–H groups in total. The lowest BCUT2D eigenvalue weighted by Crippen LogP contribution is -2.24. The summed E-state index contributed by atoms with van der Waals surface area (Å²) in [4.78, 5) is 11.7. The SMILES string of the molecule is CCC(CC)(CS)CSc1n[nH]c(=O)n1C1CC1. The standard InChI is InChI=1S/C12H21N3OS2/c1-3-12(4-2,7-17)8-18-11-14-13-10(16)15(11)9-5-6-9/h9,17H,3-8H2,1-2H3,(H,13,16). The third kappa shape index (κ3) is 2.79. The molecule has 4 nitrogen and oxygen atoms in total. The van der Waals surface area contributed by atoms with Crippen molar-refractivity contribution in [1.82, 2.24) is 14.8 Å². The van der Waals surface area contributed by atoms with E-state index in [1.54, 1.807) is 11.8 Å². The molecule has 102 valence electrons. The molecule has 0 radical (unpaired) electrons. The van der Waals surface area contributed by atoms with Gasteiger partial charge in [-0.2, -0.15) is 12.6 Å². The van der Waals surface area contributed by atoms with Gasteiger partial charge in [-0.1, -0.05) is 25.6 Å². The number of hydrogen-bond donors (Lipinski definition) is 2. The maximum atomic E-state index is 11.7. The highest BCUT2D eigenvalue weighted by atomic mass is 32.2. The smallest absolute Gasteiger partial charge is 0.267 e. The van der Waals surface area contributed by atoms with Crippen molar-refractivity contribution in [1.29, 1.82) is 0 Å². The van der Waals surface area contributed by atoms with Gasteiger partial charge in [0.05, 0.1) is 0 Å². The summed E-state index contributed by atoms with van der Waals surface area (Å²) in [7, 11) is 0. The molecule has 0 bridgehead atoms. The normalized spacial score (nSPS) is 16.2. The Labute approximate surface area is 117 Å². The molecule has 1 heterocycles. The summed E-state index contributed by atoms with van der Waals surface area (Å²) >= 11 is 6.17. The van der Waals surface area contributed by atoms with Gasteiger partial charge in [-0.25, -0.2) is 9.89 Å². The first-order valence-electron chi connectivity index (χ1n) is 6.56. The number of nitrogens with zero attached hydrogens (tertiary/aromatic N) is 2. The molecule has 0 saturated heterocycles. The fraction of sp³-hybridized carbons (Fsp3) is 0.833. The Morgan fingerprint density at radius 3 is 2.67 bits per heavy atom. The van der Waals surface area contributed by atoms with E-state index in [-0.39, 0.29) is 11.1 Å². The predicted molar refractivity (Wildman–Crippen MR) is 78.7 cm³/mol. The van der Waals surface area contributed by atoms with Gasteiger partial charge in [0, 0.05) is 11.8 Å². The molecule has 1 aromatic rings. The number of thiol groups is 1. The summed E-state index contributed by atoms with van der Waals surface area (Å²) in [5.74, 6) is 1.85. The Morgan fingerprint density at radius 1 is 1.50 bits per heavy atom. The molecule has 0 spiro atoms. The van der Waals surface area contributed by atoms with Crippen molar-refractivity contribution in [3.05, 3.63) is 10.5 Å². The van der Waals surface area contributed by atoms with E-state index in [0.29, 0.717) is 6.04 Å². The third-order valence-electron chi connectivity index (χ3n) is 3.93. The minimum absolute atomic E-state index is 0.0653. The van der Waals surface area contributed by atoms with Gasteiger partial charge in [0.25, 0.3) is 0 Å². The zero-order valence-electron chi connectivity index (χ0n) is 11.0. The zero-order chi connectivity index (χ0) is 13.2. The van der Waals surface area contributed by atoms with E-state index in [1.165, 1.54) is 0 Å². The largest absolute Gasteiger partial charge is 0.344 e. The number of hydrogen-bond acceptors (Lipinski definition) is 4. The molecule has 1 aliphatic rings. The molecule has 1 aliphatic carbocycles. The summed E-state index contributed by atoms with van der Waals surface area (Å²) < 4.78 is 1.82. The second kappa shape index (κ2) is 5.74. The predicted octanol–water partition coefficient (Wildman–Crippen LogP) is 2.73. The second-order valence-corrected chi connectivity index (χ2v) is 6.33. The van der Waals surface area contributed by atoms with Gasteiger partial charge in [0.1, 0.15) is 0 Å². The highest BCUT2D eigenvalue weighted by Crippen LogP contribution is 2.38. The summed E-state index contributed by atoms with van der Waals surface area (Å²) in [5.41, 5.74) is 0.182. The summed E-state index contributed by atoms with van der Waals surface area (Å²) in [6.45, 7) is 4.41. The lowest BCUT2D eigenvalue weighted by atomic mass is 9.87. The number of aromatic amines is 1. The lowest BCUT2D eigenvalue weighted by Gasteiger charge is -2.29. The number of aromatic nitrogens is 3. The minimum Gasteiger partial charge on any atom is -0.267 e. The zero-order valence-corrected chi connectivity index (χ0v) is 12.7. The average molecular weight is 287 g/mol. The second-order valence-electron chi connectivity index (χ2n) is 5.07. The van der Waals surface area contributed by atoms with Crippen LogP contribution in [0.3, 0.4) is 0 Å². The van der Waals surface area contributed by atoms with Gasteiger partial charge in [-0.15, -0.1) is 5.10 Å². The molecular formula is C12H21N3OS2. The minimum atomic E-state index is -0.0653. The monoisotopic (exact) mass is 287 g/mol.